The van der Waals surface area contributed by atoms with Crippen molar-refractivity contribution in [2.24, 2.45) is 13.0 Å². The van der Waals surface area contributed by atoms with Crippen LogP contribution in [0.2, 0.25) is 0 Å². The van der Waals surface area contributed by atoms with Crippen molar-refractivity contribution in [3.05, 3.63) is 41.6 Å². The summed E-state index contributed by atoms with van der Waals surface area (Å²) in [5.41, 5.74) is -1.26. The number of hydrogen-bond donors (Lipinski definition) is 1. The average molecular weight is 385 g/mol. The van der Waals surface area contributed by atoms with Gasteiger partial charge in [0.2, 0.25) is 17.8 Å². The van der Waals surface area contributed by atoms with Gasteiger partial charge in [0, 0.05) is 32.1 Å². The van der Waals surface area contributed by atoms with Gasteiger partial charge in [0.1, 0.15) is 17.4 Å². The smallest absolute Gasteiger partial charge is 0.344 e. The van der Waals surface area contributed by atoms with Gasteiger partial charge in [0.05, 0.1) is 6.20 Å². The van der Waals surface area contributed by atoms with Crippen molar-refractivity contribution in [2.45, 2.75) is 12.1 Å². The zero-order valence-electron chi connectivity index (χ0n) is 14.3. The number of aryl methyl sites for hydroxylation is 1. The maximum Gasteiger partial charge on any atom is 0.433 e. The highest BCUT2D eigenvalue weighted by molar-refractivity contribution is 6.08. The molecule has 1 saturated heterocycles. The molecule has 2 aromatic rings. The van der Waals surface area contributed by atoms with Crippen LogP contribution in [0.25, 0.3) is 0 Å². The van der Waals surface area contributed by atoms with Gasteiger partial charge in [-0.15, -0.1) is 0 Å². The maximum absolute atomic E-state index is 13.4. The lowest BCUT2D eigenvalue weighted by Gasteiger charge is -2.18. The van der Waals surface area contributed by atoms with Crippen LogP contribution in [0, 0.1) is 11.9 Å². The molecular formula is C16H15F4N5O2. The van der Waals surface area contributed by atoms with Crippen molar-refractivity contribution in [2.75, 3.05) is 18.9 Å². The van der Waals surface area contributed by atoms with Crippen LogP contribution in [-0.4, -0.2) is 45.1 Å². The summed E-state index contributed by atoms with van der Waals surface area (Å²) in [5.74, 6) is -4.93. The fourth-order valence-electron chi connectivity index (χ4n) is 3.23. The van der Waals surface area contributed by atoms with Crippen LogP contribution in [0.3, 0.4) is 0 Å². The van der Waals surface area contributed by atoms with Crippen molar-refractivity contribution in [1.82, 2.24) is 19.7 Å². The van der Waals surface area contributed by atoms with Crippen molar-refractivity contribution in [3.63, 3.8) is 0 Å². The number of likely N-dealkylation sites (tertiary alicyclic amines) is 1. The summed E-state index contributed by atoms with van der Waals surface area (Å²) in [6, 6.07) is 3.68. The molecular weight excluding hydrogens is 370 g/mol. The summed E-state index contributed by atoms with van der Waals surface area (Å²) >= 11 is 0. The maximum atomic E-state index is 13.4. The predicted octanol–water partition coefficient (Wildman–Crippen LogP) is 1.78. The molecule has 2 amide bonds. The number of hydrogen-bond acceptors (Lipinski definition) is 4. The molecule has 0 spiro atoms. The van der Waals surface area contributed by atoms with Crippen LogP contribution in [0.5, 0.6) is 0 Å². The third kappa shape index (κ3) is 3.49. The minimum Gasteiger partial charge on any atom is -0.344 e. The van der Waals surface area contributed by atoms with E-state index in [9.17, 15) is 27.2 Å². The molecule has 1 aliphatic rings. The first-order chi connectivity index (χ1) is 12.6. The van der Waals surface area contributed by atoms with Crippen LogP contribution in [0.4, 0.5) is 23.4 Å². The number of aromatic nitrogens is 3. The zero-order valence-corrected chi connectivity index (χ0v) is 14.3. The highest BCUT2D eigenvalue weighted by Crippen LogP contribution is 2.40. The normalized spacial score (nSPS) is 20.2. The first-order valence-corrected chi connectivity index (χ1v) is 7.87. The van der Waals surface area contributed by atoms with Crippen LogP contribution in [-0.2, 0) is 22.8 Å². The molecule has 27 heavy (non-hydrogen) atoms. The molecule has 0 saturated carbocycles. The summed E-state index contributed by atoms with van der Waals surface area (Å²) in [7, 11) is 2.53. The van der Waals surface area contributed by atoms with Crippen molar-refractivity contribution in [3.8, 4) is 0 Å². The Kier molecular flexibility index (Phi) is 4.62. The lowest BCUT2D eigenvalue weighted by atomic mass is 9.88. The molecule has 7 nitrogen and oxygen atoms in total. The average Bonchev–Trinajstić information content (AvgIpc) is 3.08. The molecule has 3 heterocycles. The molecule has 3 rings (SSSR count). The largest absolute Gasteiger partial charge is 0.433 e. The van der Waals surface area contributed by atoms with Crippen molar-refractivity contribution < 1.29 is 27.2 Å². The number of amides is 2. The molecule has 0 bridgehead atoms. The van der Waals surface area contributed by atoms with E-state index in [0.29, 0.717) is 4.68 Å². The Hall–Kier alpha value is -2.98. The Morgan fingerprint density at radius 2 is 2.00 bits per heavy atom. The quantitative estimate of drug-likeness (QED) is 0.496. The molecule has 1 fully saturated rings. The molecule has 2 aromatic heterocycles. The molecule has 11 heteroatoms. The number of rotatable bonds is 3. The van der Waals surface area contributed by atoms with E-state index in [1.807, 2.05) is 0 Å². The molecule has 2 atom stereocenters. The predicted molar refractivity (Wildman–Crippen MR) is 84.9 cm³/mol. The first-order valence-electron chi connectivity index (χ1n) is 7.87. The number of carbonyl (C=O) groups is 2. The number of anilines is 1. The van der Waals surface area contributed by atoms with Gasteiger partial charge in [-0.3, -0.25) is 14.3 Å². The van der Waals surface area contributed by atoms with E-state index in [-0.39, 0.29) is 17.9 Å². The van der Waals surface area contributed by atoms with E-state index >= 15 is 0 Å². The Morgan fingerprint density at radius 3 is 2.63 bits per heavy atom. The van der Waals surface area contributed by atoms with E-state index in [4.69, 9.17) is 0 Å². The number of likely N-dealkylation sites (N-methyl/N-ethyl adjacent to an activating group) is 1. The molecule has 0 aliphatic carbocycles. The monoisotopic (exact) mass is 385 g/mol. The summed E-state index contributed by atoms with van der Waals surface area (Å²) in [4.78, 5) is 29.7. The highest BCUT2D eigenvalue weighted by Gasteiger charge is 2.49. The van der Waals surface area contributed by atoms with Gasteiger partial charge < -0.3 is 10.2 Å². The third-order valence-corrected chi connectivity index (χ3v) is 4.40. The fourth-order valence-corrected chi connectivity index (χ4v) is 3.23. The zero-order chi connectivity index (χ0) is 19.9. The number of alkyl halides is 3. The topological polar surface area (TPSA) is 80.1 Å². The summed E-state index contributed by atoms with van der Waals surface area (Å²) < 4.78 is 54.1. The number of carbonyl (C=O) groups excluding carboxylic acids is 2. The van der Waals surface area contributed by atoms with Crippen LogP contribution < -0.4 is 5.32 Å². The molecule has 1 aliphatic heterocycles. The Morgan fingerprint density at radius 1 is 1.30 bits per heavy atom. The lowest BCUT2D eigenvalue weighted by molar-refractivity contribution is -0.145. The van der Waals surface area contributed by atoms with Gasteiger partial charge in [-0.2, -0.15) is 22.7 Å². The second-order valence-corrected chi connectivity index (χ2v) is 6.21. The molecule has 1 N–H and O–H groups in total. The minimum absolute atomic E-state index is 0.0811. The summed E-state index contributed by atoms with van der Waals surface area (Å²) in [5, 5.41) is 5.93. The van der Waals surface area contributed by atoms with Crippen LogP contribution in [0.15, 0.2) is 24.4 Å². The summed E-state index contributed by atoms with van der Waals surface area (Å²) in [6.45, 7) is -0.0811. The molecule has 0 aromatic carbocycles. The molecule has 0 radical (unpaired) electrons. The first kappa shape index (κ1) is 18.8. The Labute approximate surface area is 151 Å². The number of nitrogens with one attached hydrogen (secondary N) is 1. The van der Waals surface area contributed by atoms with Crippen LogP contribution in [0.1, 0.15) is 17.2 Å². The van der Waals surface area contributed by atoms with E-state index in [2.05, 4.69) is 15.4 Å². The van der Waals surface area contributed by atoms with Crippen molar-refractivity contribution >= 4 is 17.6 Å². The van der Waals surface area contributed by atoms with E-state index in [1.54, 1.807) is 0 Å². The Bertz CT molecular complexity index is 895. The van der Waals surface area contributed by atoms with Crippen molar-refractivity contribution in [1.29, 1.82) is 0 Å². The van der Waals surface area contributed by atoms with Gasteiger partial charge in [-0.05, 0) is 12.1 Å². The van der Waals surface area contributed by atoms with Gasteiger partial charge in [-0.25, -0.2) is 4.98 Å². The van der Waals surface area contributed by atoms with Gasteiger partial charge in [-0.1, -0.05) is 6.07 Å². The second-order valence-electron chi connectivity index (χ2n) is 6.21. The van der Waals surface area contributed by atoms with Gasteiger partial charge in [0.15, 0.2) is 0 Å². The molecule has 144 valence electrons. The minimum atomic E-state index is -4.70. The van der Waals surface area contributed by atoms with Gasteiger partial charge >= 0.3 is 6.18 Å². The van der Waals surface area contributed by atoms with Crippen LogP contribution >= 0.6 is 0 Å². The Balaban J connectivity index is 1.96. The number of halogens is 4. The summed E-state index contributed by atoms with van der Waals surface area (Å²) in [6.07, 6.45) is -3.68. The van der Waals surface area contributed by atoms with E-state index < -0.39 is 41.5 Å². The third-order valence-electron chi connectivity index (χ3n) is 4.40. The highest BCUT2D eigenvalue weighted by atomic mass is 19.4. The van der Waals surface area contributed by atoms with E-state index in [1.165, 1.54) is 24.1 Å². The molecule has 0 unspecified atom stereocenters. The standard InChI is InChI=1S/C16H15F4N5O2/c1-24-7-9(8-6-21-25(2)13(8)16(18,19)20)12(15(24)27)14(26)23-11-5-3-4-10(17)22-11/h3-6,9,12H,7H2,1-2H3,(H,22,23,26)/t9-,12+/m1/s1. The van der Waals surface area contributed by atoms with E-state index in [0.717, 1.165) is 19.3 Å². The number of pyridine rings is 1. The fraction of sp³-hybridized carbons (Fsp3) is 0.375. The second kappa shape index (κ2) is 6.63. The SMILES string of the molecule is CN1C[C@H](c2cnn(C)c2C(F)(F)F)[C@@H](C(=O)Nc2cccc(F)n2)C1=O. The number of nitrogens with zero attached hydrogens (tertiary/aromatic N) is 4. The van der Waals surface area contributed by atoms with Gasteiger partial charge in [0.25, 0.3) is 0 Å². The lowest BCUT2D eigenvalue weighted by Crippen LogP contribution is -2.33.